The molecule has 3 aromatic rings. The van der Waals surface area contributed by atoms with Crippen molar-refractivity contribution in [3.05, 3.63) is 70.2 Å². The van der Waals surface area contributed by atoms with Gasteiger partial charge in [-0.25, -0.2) is 16.8 Å². The molecule has 44 heavy (non-hydrogen) atoms. The number of phenols is 1. The Labute approximate surface area is 258 Å². The molecule has 3 aromatic carbocycles. The number of nitrogens with zero attached hydrogens (tertiary/aromatic N) is 1. The highest BCUT2D eigenvalue weighted by atomic mass is 35.5. The van der Waals surface area contributed by atoms with Gasteiger partial charge in [-0.3, -0.25) is 4.79 Å². The van der Waals surface area contributed by atoms with Gasteiger partial charge < -0.3 is 15.2 Å². The molecule has 1 amide bonds. The molecule has 1 fully saturated rings. The summed E-state index contributed by atoms with van der Waals surface area (Å²) in [7, 11) is -9.42. The van der Waals surface area contributed by atoms with E-state index >= 15 is 0 Å². The van der Waals surface area contributed by atoms with Crippen molar-refractivity contribution >= 4 is 43.1 Å². The van der Waals surface area contributed by atoms with Gasteiger partial charge in [-0.2, -0.15) is 17.5 Å². The van der Waals surface area contributed by atoms with Crippen LogP contribution in [0.2, 0.25) is 5.02 Å². The summed E-state index contributed by atoms with van der Waals surface area (Å²) >= 11 is 6.07. The first-order valence-electron chi connectivity index (χ1n) is 13.2. The lowest BCUT2D eigenvalue weighted by Crippen LogP contribution is -2.40. The molecule has 4 rings (SSSR count). The molecule has 0 unspecified atom stereocenters. The zero-order valence-corrected chi connectivity index (χ0v) is 26.5. The van der Waals surface area contributed by atoms with E-state index in [1.165, 1.54) is 16.4 Å². The predicted octanol–water partition coefficient (Wildman–Crippen LogP) is 5.89. The van der Waals surface area contributed by atoms with Crippen molar-refractivity contribution < 1.29 is 44.6 Å². The maximum atomic E-state index is 13.5. The van der Waals surface area contributed by atoms with Crippen LogP contribution in [0, 0.1) is 6.92 Å². The second kappa shape index (κ2) is 12.0. The Hall–Kier alpha value is -3.17. The summed E-state index contributed by atoms with van der Waals surface area (Å²) in [5, 5.41) is 13.2. The first-order valence-corrected chi connectivity index (χ1v) is 16.5. The third-order valence-corrected chi connectivity index (χ3v) is 10.9. The number of amides is 1. The molecular weight excluding hydrogens is 645 g/mol. The molecule has 9 nitrogen and oxygen atoms in total. The number of halogens is 4. The number of rotatable bonds is 6. The van der Waals surface area contributed by atoms with Crippen molar-refractivity contribution in [2.45, 2.75) is 48.4 Å². The van der Waals surface area contributed by atoms with E-state index in [-0.39, 0.29) is 35.0 Å². The van der Waals surface area contributed by atoms with Gasteiger partial charge in [-0.1, -0.05) is 44.5 Å². The van der Waals surface area contributed by atoms with Crippen LogP contribution in [0.4, 0.5) is 18.9 Å². The first kappa shape index (κ1) is 33.7. The number of carbonyl (C=O) groups is 1. The van der Waals surface area contributed by atoms with Crippen LogP contribution in [-0.4, -0.2) is 64.0 Å². The zero-order valence-electron chi connectivity index (χ0n) is 24.1. The highest BCUT2D eigenvalue weighted by Gasteiger charge is 2.47. The third-order valence-electron chi connectivity index (χ3n) is 7.17. The van der Waals surface area contributed by atoms with Crippen molar-refractivity contribution in [2.75, 3.05) is 31.6 Å². The number of aromatic hydroxyl groups is 1. The molecule has 0 atom stereocenters. The number of sulfonamides is 1. The summed E-state index contributed by atoms with van der Waals surface area (Å²) in [5.41, 5.74) is -4.74. The number of hydrogen-bond donors (Lipinski definition) is 2. The molecule has 1 aliphatic rings. The SMILES string of the molecule is Cc1c(-c2ccc(S(=O)(=O)N3CCOCC3)cc2)cc(C(C)(C)C)c(O)c1C(=O)Nc1ccc(S(=O)(=O)C(F)(F)F)cc1Cl. The topological polar surface area (TPSA) is 130 Å². The fraction of sp³-hybridized carbons (Fsp3) is 0.345. The molecule has 1 heterocycles. The molecule has 0 aromatic heterocycles. The van der Waals surface area contributed by atoms with Crippen LogP contribution in [-0.2, 0) is 30.0 Å². The molecular formula is C29H30ClF3N2O7S2. The maximum Gasteiger partial charge on any atom is 0.501 e. The monoisotopic (exact) mass is 674 g/mol. The Kier molecular flexibility index (Phi) is 9.17. The second-order valence-electron chi connectivity index (χ2n) is 11.2. The van der Waals surface area contributed by atoms with Gasteiger partial charge >= 0.3 is 5.51 Å². The molecule has 0 radical (unpaired) electrons. The average molecular weight is 675 g/mol. The first-order chi connectivity index (χ1) is 20.3. The molecule has 0 bridgehead atoms. The number of alkyl halides is 3. The van der Waals surface area contributed by atoms with Crippen LogP contribution in [0.3, 0.4) is 0 Å². The Morgan fingerprint density at radius 2 is 1.52 bits per heavy atom. The van der Waals surface area contributed by atoms with Crippen molar-refractivity contribution in [2.24, 2.45) is 0 Å². The largest absolute Gasteiger partial charge is 0.507 e. The maximum absolute atomic E-state index is 13.5. The van der Waals surface area contributed by atoms with Crippen LogP contribution >= 0.6 is 11.6 Å². The molecule has 238 valence electrons. The van der Waals surface area contributed by atoms with Gasteiger partial charge in [0, 0.05) is 18.7 Å². The number of anilines is 1. The Morgan fingerprint density at radius 1 is 0.955 bits per heavy atom. The zero-order chi connectivity index (χ0) is 32.8. The quantitative estimate of drug-likeness (QED) is 0.334. The molecule has 0 aliphatic carbocycles. The number of benzene rings is 3. The molecule has 1 aliphatic heterocycles. The molecule has 15 heteroatoms. The summed E-state index contributed by atoms with van der Waals surface area (Å²) < 4.78 is 95.2. The summed E-state index contributed by atoms with van der Waals surface area (Å²) in [6, 6.07) is 9.98. The van der Waals surface area contributed by atoms with Crippen LogP contribution in [0.1, 0.15) is 42.3 Å². The summed E-state index contributed by atoms with van der Waals surface area (Å²) in [5.74, 6) is -1.19. The number of carbonyl (C=O) groups excluding carboxylic acids is 1. The molecule has 0 spiro atoms. The van der Waals surface area contributed by atoms with Crippen molar-refractivity contribution in [1.29, 1.82) is 0 Å². The van der Waals surface area contributed by atoms with Gasteiger partial charge in [-0.05, 0) is 65.4 Å². The molecule has 0 saturated carbocycles. The Balaban J connectivity index is 1.75. The normalized spacial score (nSPS) is 15.3. The fourth-order valence-electron chi connectivity index (χ4n) is 4.74. The second-order valence-corrected chi connectivity index (χ2v) is 15.4. The van der Waals surface area contributed by atoms with E-state index in [1.807, 2.05) is 20.8 Å². The lowest BCUT2D eigenvalue weighted by atomic mass is 9.81. The number of sulfone groups is 1. The summed E-state index contributed by atoms with van der Waals surface area (Å²) in [4.78, 5) is 12.5. The predicted molar refractivity (Wildman–Crippen MR) is 159 cm³/mol. The van der Waals surface area contributed by atoms with Crippen molar-refractivity contribution in [1.82, 2.24) is 4.31 Å². The fourth-order valence-corrected chi connectivity index (χ4v) is 7.23. The lowest BCUT2D eigenvalue weighted by molar-refractivity contribution is -0.0436. The van der Waals surface area contributed by atoms with Gasteiger partial charge in [0.2, 0.25) is 10.0 Å². The van der Waals surface area contributed by atoms with E-state index in [0.29, 0.717) is 47.6 Å². The van der Waals surface area contributed by atoms with Crippen LogP contribution in [0.15, 0.2) is 58.3 Å². The number of morpholine rings is 1. The van der Waals surface area contributed by atoms with E-state index in [2.05, 4.69) is 5.32 Å². The highest BCUT2D eigenvalue weighted by molar-refractivity contribution is 7.92. The smallest absolute Gasteiger partial charge is 0.501 e. The van der Waals surface area contributed by atoms with Crippen molar-refractivity contribution in [3.63, 3.8) is 0 Å². The summed E-state index contributed by atoms with van der Waals surface area (Å²) in [6.07, 6.45) is 0. The standard InChI is InChI=1S/C29H30ClF3N2O7S2/c1-17-21(18-5-7-19(8-6-18)44(40,41)35-11-13-42-14-12-35)16-22(28(2,3)4)26(36)25(17)27(37)34-24-10-9-20(15-23(24)30)43(38,39)29(31,32)33/h5-10,15-16,36H,11-14H2,1-4H3,(H,34,37). The minimum Gasteiger partial charge on any atom is -0.507 e. The van der Waals surface area contributed by atoms with E-state index in [1.54, 1.807) is 25.1 Å². The van der Waals surface area contributed by atoms with Crippen LogP contribution in [0.25, 0.3) is 11.1 Å². The highest BCUT2D eigenvalue weighted by Crippen LogP contribution is 2.41. The average Bonchev–Trinajstić information content (AvgIpc) is 2.93. The number of hydrogen-bond acceptors (Lipinski definition) is 7. The number of phenolic OH excluding ortho intramolecular Hbond substituents is 1. The molecule has 1 saturated heterocycles. The van der Waals surface area contributed by atoms with E-state index in [9.17, 15) is 39.9 Å². The molecule has 2 N–H and O–H groups in total. The van der Waals surface area contributed by atoms with Gasteiger partial charge in [0.1, 0.15) is 5.75 Å². The van der Waals surface area contributed by atoms with E-state index in [0.717, 1.165) is 6.07 Å². The van der Waals surface area contributed by atoms with Crippen molar-refractivity contribution in [3.8, 4) is 16.9 Å². The van der Waals surface area contributed by atoms with E-state index in [4.69, 9.17) is 16.3 Å². The minimum absolute atomic E-state index is 0.0826. The van der Waals surface area contributed by atoms with Gasteiger partial charge in [0.25, 0.3) is 15.7 Å². The minimum atomic E-state index is -5.67. The summed E-state index contributed by atoms with van der Waals surface area (Å²) in [6.45, 7) is 8.10. The van der Waals surface area contributed by atoms with Gasteiger partial charge in [0.05, 0.1) is 39.3 Å². The Bertz CT molecular complexity index is 1820. The third kappa shape index (κ3) is 6.45. The van der Waals surface area contributed by atoms with Crippen LogP contribution < -0.4 is 5.32 Å². The Morgan fingerprint density at radius 3 is 2.05 bits per heavy atom. The van der Waals surface area contributed by atoms with E-state index < -0.39 is 46.6 Å². The number of nitrogens with one attached hydrogen (secondary N) is 1. The van der Waals surface area contributed by atoms with Gasteiger partial charge in [0.15, 0.2) is 0 Å². The number of ether oxygens (including phenoxy) is 1. The van der Waals surface area contributed by atoms with Gasteiger partial charge in [-0.15, -0.1) is 0 Å². The van der Waals surface area contributed by atoms with Crippen LogP contribution in [0.5, 0.6) is 5.75 Å². The lowest BCUT2D eigenvalue weighted by Gasteiger charge is -2.26.